The highest BCUT2D eigenvalue weighted by molar-refractivity contribution is 7.99. The molecule has 1 amide bonds. The zero-order valence-electron chi connectivity index (χ0n) is 20.5. The van der Waals surface area contributed by atoms with E-state index in [0.29, 0.717) is 16.6 Å². The van der Waals surface area contributed by atoms with Crippen LogP contribution in [-0.2, 0) is 32.7 Å². The molecule has 11 nitrogen and oxygen atoms in total. The molecule has 3 aromatic rings. The summed E-state index contributed by atoms with van der Waals surface area (Å²) in [6.07, 6.45) is -1.42. The summed E-state index contributed by atoms with van der Waals surface area (Å²) in [5.41, 5.74) is 3.14. The molecule has 1 fully saturated rings. The number of aromatic nitrogens is 4. The number of aliphatic hydroxyl groups is 1. The summed E-state index contributed by atoms with van der Waals surface area (Å²) >= 11 is 1.50. The van der Waals surface area contributed by atoms with Crippen molar-refractivity contribution in [2.75, 3.05) is 11.1 Å². The minimum Gasteiger partial charge on any atom is -0.481 e. The first-order valence-corrected chi connectivity index (χ1v) is 12.8. The first kappa shape index (κ1) is 26.7. The molecule has 0 radical (unpaired) electrons. The standard InChI is InChI=1S/C25H29N5O6S/c1-15-20(14-37-25-27-28-29-30(25)2)35-24(36-23(15)17-5-3-16(13-31)4-6-17)18-7-9-19(10-8-18)26-21(32)11-12-22(33)34/h3-10,15,20,23-24,31H,11-14H2,1-2H3,(H,26,32)(H,33,34). The van der Waals surface area contributed by atoms with E-state index in [4.69, 9.17) is 14.6 Å². The fourth-order valence-corrected chi connectivity index (χ4v) is 4.99. The first-order valence-electron chi connectivity index (χ1n) is 11.8. The Bertz CT molecular complexity index is 1200. The van der Waals surface area contributed by atoms with Crippen molar-refractivity contribution in [2.45, 2.75) is 50.0 Å². The summed E-state index contributed by atoms with van der Waals surface area (Å²) in [5.74, 6) is -0.762. The number of aliphatic hydroxyl groups excluding tert-OH is 1. The van der Waals surface area contributed by atoms with Crippen molar-refractivity contribution < 1.29 is 29.3 Å². The zero-order valence-corrected chi connectivity index (χ0v) is 21.3. The van der Waals surface area contributed by atoms with Gasteiger partial charge in [-0.2, -0.15) is 0 Å². The van der Waals surface area contributed by atoms with E-state index in [1.807, 2.05) is 36.4 Å². The lowest BCUT2D eigenvalue weighted by Gasteiger charge is -2.41. The maximum Gasteiger partial charge on any atom is 0.303 e. The van der Waals surface area contributed by atoms with Crippen LogP contribution in [0.1, 0.15) is 48.8 Å². The fraction of sp³-hybridized carbons (Fsp3) is 0.400. The third kappa shape index (κ3) is 6.92. The molecule has 2 aromatic carbocycles. The smallest absolute Gasteiger partial charge is 0.303 e. The van der Waals surface area contributed by atoms with Crippen LogP contribution in [0.2, 0.25) is 0 Å². The number of rotatable bonds is 10. The molecule has 1 aliphatic heterocycles. The van der Waals surface area contributed by atoms with E-state index >= 15 is 0 Å². The molecule has 1 aliphatic rings. The summed E-state index contributed by atoms with van der Waals surface area (Å²) in [6.45, 7) is 2.05. The van der Waals surface area contributed by atoms with Crippen molar-refractivity contribution >= 4 is 29.3 Å². The van der Waals surface area contributed by atoms with Gasteiger partial charge in [-0.05, 0) is 33.7 Å². The maximum absolute atomic E-state index is 12.0. The highest BCUT2D eigenvalue weighted by Gasteiger charge is 2.38. The number of amides is 1. The largest absolute Gasteiger partial charge is 0.481 e. The van der Waals surface area contributed by atoms with Crippen LogP contribution in [0, 0.1) is 5.92 Å². The van der Waals surface area contributed by atoms with E-state index in [1.165, 1.54) is 11.8 Å². The van der Waals surface area contributed by atoms with Crippen LogP contribution in [0.15, 0.2) is 53.7 Å². The van der Waals surface area contributed by atoms with Gasteiger partial charge in [0.15, 0.2) is 6.29 Å². The number of hydrogen-bond acceptors (Lipinski definition) is 9. The summed E-state index contributed by atoms with van der Waals surface area (Å²) in [6, 6.07) is 14.8. The van der Waals surface area contributed by atoms with E-state index in [2.05, 4.69) is 27.8 Å². The van der Waals surface area contributed by atoms with Crippen molar-refractivity contribution in [1.82, 2.24) is 20.2 Å². The van der Waals surface area contributed by atoms with Crippen LogP contribution in [0.3, 0.4) is 0 Å². The number of hydrogen-bond donors (Lipinski definition) is 3. The lowest BCUT2D eigenvalue weighted by atomic mass is 9.91. The number of nitrogens with one attached hydrogen (secondary N) is 1. The molecule has 0 bridgehead atoms. The Labute approximate surface area is 218 Å². The highest BCUT2D eigenvalue weighted by atomic mass is 32.2. The minimum atomic E-state index is -1.02. The maximum atomic E-state index is 12.0. The van der Waals surface area contributed by atoms with Crippen molar-refractivity contribution in [3.63, 3.8) is 0 Å². The van der Waals surface area contributed by atoms with Gasteiger partial charge in [0.1, 0.15) is 0 Å². The molecule has 0 spiro atoms. The second kappa shape index (κ2) is 12.3. The van der Waals surface area contributed by atoms with Crippen molar-refractivity contribution in [3.05, 3.63) is 65.2 Å². The molecule has 12 heteroatoms. The predicted molar refractivity (Wildman–Crippen MR) is 134 cm³/mol. The molecule has 1 aromatic heterocycles. The predicted octanol–water partition coefficient (Wildman–Crippen LogP) is 3.09. The second-order valence-corrected chi connectivity index (χ2v) is 9.77. The topological polar surface area (TPSA) is 149 Å². The third-order valence-electron chi connectivity index (χ3n) is 6.11. The van der Waals surface area contributed by atoms with Gasteiger partial charge < -0.3 is 25.0 Å². The number of carboxylic acid groups (broad SMARTS) is 1. The van der Waals surface area contributed by atoms with E-state index < -0.39 is 12.3 Å². The Morgan fingerprint density at radius 2 is 1.76 bits per heavy atom. The number of carboxylic acids is 1. The van der Waals surface area contributed by atoms with Crippen LogP contribution in [0.4, 0.5) is 5.69 Å². The lowest BCUT2D eigenvalue weighted by Crippen LogP contribution is -2.38. The first-order chi connectivity index (χ1) is 17.8. The van der Waals surface area contributed by atoms with Crippen LogP contribution < -0.4 is 5.32 Å². The Hall–Kier alpha value is -3.32. The Morgan fingerprint density at radius 3 is 2.38 bits per heavy atom. The third-order valence-corrected chi connectivity index (χ3v) is 7.21. The molecule has 0 saturated carbocycles. The Kier molecular flexibility index (Phi) is 8.87. The molecule has 3 N–H and O–H groups in total. The zero-order chi connectivity index (χ0) is 26.4. The number of aliphatic carboxylic acids is 1. The van der Waals surface area contributed by atoms with Crippen LogP contribution in [0.5, 0.6) is 0 Å². The molecule has 4 rings (SSSR count). The fourth-order valence-electron chi connectivity index (χ4n) is 3.98. The number of thioether (sulfide) groups is 1. The number of anilines is 1. The molecule has 0 aliphatic carbocycles. The van der Waals surface area contributed by atoms with Crippen molar-refractivity contribution in [2.24, 2.45) is 13.0 Å². The second-order valence-electron chi connectivity index (χ2n) is 8.78. The average molecular weight is 528 g/mol. The number of tetrazole rings is 1. The molecule has 4 atom stereocenters. The SMILES string of the molecule is CC1C(CSc2nnnn2C)OC(c2ccc(NC(=O)CCC(=O)O)cc2)OC1c1ccc(CO)cc1. The average Bonchev–Trinajstić information content (AvgIpc) is 3.32. The molecule has 37 heavy (non-hydrogen) atoms. The molecule has 2 heterocycles. The molecule has 196 valence electrons. The van der Waals surface area contributed by atoms with Gasteiger partial charge in [0, 0.05) is 36.4 Å². The molecular formula is C25H29N5O6S. The van der Waals surface area contributed by atoms with Gasteiger partial charge >= 0.3 is 5.97 Å². The number of carbonyl (C=O) groups excluding carboxylic acids is 1. The van der Waals surface area contributed by atoms with Crippen LogP contribution in [-0.4, -0.2) is 54.2 Å². The van der Waals surface area contributed by atoms with Gasteiger partial charge in [-0.1, -0.05) is 55.1 Å². The Morgan fingerprint density at radius 1 is 1.05 bits per heavy atom. The van der Waals surface area contributed by atoms with Gasteiger partial charge in [0.05, 0.1) is 25.2 Å². The van der Waals surface area contributed by atoms with E-state index in [1.54, 1.807) is 23.9 Å². The minimum absolute atomic E-state index is 0.0118. The summed E-state index contributed by atoms with van der Waals surface area (Å²) in [5, 5.41) is 33.2. The van der Waals surface area contributed by atoms with E-state index in [-0.39, 0.29) is 43.5 Å². The quantitative estimate of drug-likeness (QED) is 0.336. The number of nitrogens with zero attached hydrogens (tertiary/aromatic N) is 4. The van der Waals surface area contributed by atoms with Gasteiger partial charge in [-0.25, -0.2) is 4.68 Å². The number of benzene rings is 2. The van der Waals surface area contributed by atoms with Crippen molar-refractivity contribution in [1.29, 1.82) is 0 Å². The Balaban J connectivity index is 1.51. The summed E-state index contributed by atoms with van der Waals surface area (Å²) in [4.78, 5) is 22.6. The monoisotopic (exact) mass is 527 g/mol. The summed E-state index contributed by atoms with van der Waals surface area (Å²) in [7, 11) is 1.78. The number of carbonyl (C=O) groups is 2. The van der Waals surface area contributed by atoms with Crippen LogP contribution in [0.25, 0.3) is 0 Å². The van der Waals surface area contributed by atoms with E-state index in [0.717, 1.165) is 16.7 Å². The normalized spacial score (nSPS) is 21.5. The van der Waals surface area contributed by atoms with Crippen LogP contribution >= 0.6 is 11.8 Å². The lowest BCUT2D eigenvalue weighted by molar-refractivity contribution is -0.268. The summed E-state index contributed by atoms with van der Waals surface area (Å²) < 4.78 is 14.4. The van der Waals surface area contributed by atoms with E-state index in [9.17, 15) is 14.7 Å². The number of ether oxygens (including phenoxy) is 2. The molecule has 4 unspecified atom stereocenters. The van der Waals surface area contributed by atoms with Gasteiger partial charge in [-0.3, -0.25) is 9.59 Å². The highest BCUT2D eigenvalue weighted by Crippen LogP contribution is 2.43. The molecule has 1 saturated heterocycles. The van der Waals surface area contributed by atoms with Gasteiger partial charge in [-0.15, -0.1) is 5.10 Å². The van der Waals surface area contributed by atoms with Gasteiger partial charge in [0.25, 0.3) is 0 Å². The van der Waals surface area contributed by atoms with Crippen molar-refractivity contribution in [3.8, 4) is 0 Å². The molecular weight excluding hydrogens is 498 g/mol. The van der Waals surface area contributed by atoms with Gasteiger partial charge in [0.2, 0.25) is 11.1 Å². The number of aryl methyl sites for hydroxylation is 1.